The molecule has 0 bridgehead atoms. The summed E-state index contributed by atoms with van der Waals surface area (Å²) in [7, 11) is 3.13. The van der Waals surface area contributed by atoms with Crippen LogP contribution in [0.1, 0.15) is 18.4 Å². The van der Waals surface area contributed by atoms with Crippen LogP contribution in [0.25, 0.3) is 10.8 Å². The number of pyridine rings is 1. The van der Waals surface area contributed by atoms with E-state index < -0.39 is 0 Å². The predicted molar refractivity (Wildman–Crippen MR) is 124 cm³/mol. The molecular formula is C25H28N2O5. The highest BCUT2D eigenvalue weighted by Gasteiger charge is 2.16. The molecule has 1 aromatic heterocycles. The van der Waals surface area contributed by atoms with Gasteiger partial charge in [-0.2, -0.15) is 0 Å². The number of rotatable bonds is 7. The Labute approximate surface area is 186 Å². The van der Waals surface area contributed by atoms with E-state index in [1.54, 1.807) is 37.0 Å². The second-order valence-corrected chi connectivity index (χ2v) is 8.01. The normalized spacial score (nSPS) is 14.3. The number of methoxy groups -OCH3 is 2. The van der Waals surface area contributed by atoms with Gasteiger partial charge < -0.3 is 24.1 Å². The van der Waals surface area contributed by atoms with Crippen molar-refractivity contribution in [3.05, 3.63) is 64.6 Å². The topological polar surface area (TPSA) is 78.8 Å². The number of benzene rings is 2. The molecule has 2 heterocycles. The molecule has 4 rings (SSSR count). The highest BCUT2D eigenvalue weighted by Crippen LogP contribution is 2.28. The van der Waals surface area contributed by atoms with E-state index in [2.05, 4.69) is 5.32 Å². The number of nitrogens with zero attached hydrogens (tertiary/aromatic N) is 1. The van der Waals surface area contributed by atoms with Gasteiger partial charge in [-0.05, 0) is 54.7 Å². The summed E-state index contributed by atoms with van der Waals surface area (Å²) < 4.78 is 17.7. The number of carbonyl (C=O) groups excluding carboxylic acids is 1. The van der Waals surface area contributed by atoms with Crippen molar-refractivity contribution in [1.29, 1.82) is 0 Å². The monoisotopic (exact) mass is 436 g/mol. The van der Waals surface area contributed by atoms with E-state index >= 15 is 0 Å². The number of aromatic nitrogens is 1. The minimum absolute atomic E-state index is 0.0371. The average Bonchev–Trinajstić information content (AvgIpc) is 2.81. The minimum atomic E-state index is -0.170. The molecule has 0 spiro atoms. The molecule has 7 heteroatoms. The van der Waals surface area contributed by atoms with Crippen molar-refractivity contribution in [1.82, 2.24) is 4.57 Å². The molecule has 1 aliphatic rings. The molecule has 0 atom stereocenters. The number of nitrogens with one attached hydrogen (secondary N) is 1. The van der Waals surface area contributed by atoms with Crippen molar-refractivity contribution in [2.24, 2.45) is 5.92 Å². The predicted octanol–water partition coefficient (Wildman–Crippen LogP) is 3.63. The molecule has 168 valence electrons. The van der Waals surface area contributed by atoms with E-state index in [9.17, 15) is 9.59 Å². The van der Waals surface area contributed by atoms with Crippen LogP contribution in [0.15, 0.2) is 53.5 Å². The first-order valence-corrected chi connectivity index (χ1v) is 10.8. The highest BCUT2D eigenvalue weighted by molar-refractivity contribution is 6.02. The lowest BCUT2D eigenvalue weighted by atomic mass is 10.00. The first-order valence-electron chi connectivity index (χ1n) is 10.8. The van der Waals surface area contributed by atoms with Gasteiger partial charge in [-0.25, -0.2) is 0 Å². The second kappa shape index (κ2) is 9.87. The van der Waals surface area contributed by atoms with Crippen molar-refractivity contribution >= 4 is 22.4 Å². The second-order valence-electron chi connectivity index (χ2n) is 8.01. The van der Waals surface area contributed by atoms with Crippen LogP contribution in [0.5, 0.6) is 11.5 Å². The van der Waals surface area contributed by atoms with E-state index in [1.807, 2.05) is 30.5 Å². The first kappa shape index (κ1) is 21.9. The maximum absolute atomic E-state index is 13.1. The molecular weight excluding hydrogens is 408 g/mol. The number of hydrogen-bond donors (Lipinski definition) is 1. The smallest absolute Gasteiger partial charge is 0.258 e. The summed E-state index contributed by atoms with van der Waals surface area (Å²) in [4.78, 5) is 25.8. The lowest BCUT2D eigenvalue weighted by Crippen LogP contribution is -2.27. The Morgan fingerprint density at radius 2 is 1.84 bits per heavy atom. The van der Waals surface area contributed by atoms with Crippen LogP contribution in [0.3, 0.4) is 0 Å². The van der Waals surface area contributed by atoms with E-state index in [4.69, 9.17) is 14.2 Å². The SMILES string of the molecule is COc1ccc(CC(=O)Nc2cccc3c(=O)n(CC4CCOCC4)ccc23)cc1OC. The van der Waals surface area contributed by atoms with Gasteiger partial charge in [0.1, 0.15) is 0 Å². The minimum Gasteiger partial charge on any atom is -0.493 e. The average molecular weight is 437 g/mol. The van der Waals surface area contributed by atoms with Crippen molar-refractivity contribution in [3.8, 4) is 11.5 Å². The third-order valence-corrected chi connectivity index (χ3v) is 5.90. The molecule has 0 saturated carbocycles. The number of hydrogen-bond acceptors (Lipinski definition) is 5. The Morgan fingerprint density at radius 1 is 1.06 bits per heavy atom. The molecule has 1 amide bonds. The van der Waals surface area contributed by atoms with Crippen LogP contribution in [0, 0.1) is 5.92 Å². The Kier molecular flexibility index (Phi) is 6.75. The summed E-state index contributed by atoms with van der Waals surface area (Å²) in [6, 6.07) is 12.7. The molecule has 1 N–H and O–H groups in total. The van der Waals surface area contributed by atoms with Crippen molar-refractivity contribution < 1.29 is 19.0 Å². The van der Waals surface area contributed by atoms with Gasteiger partial charge in [0.15, 0.2) is 11.5 Å². The van der Waals surface area contributed by atoms with E-state index in [0.29, 0.717) is 35.0 Å². The van der Waals surface area contributed by atoms with Crippen LogP contribution in [-0.4, -0.2) is 37.9 Å². The third-order valence-electron chi connectivity index (χ3n) is 5.90. The molecule has 3 aromatic rings. The molecule has 1 aliphatic heterocycles. The van der Waals surface area contributed by atoms with Gasteiger partial charge >= 0.3 is 0 Å². The Bertz CT molecular complexity index is 1160. The molecule has 1 saturated heterocycles. The molecule has 0 unspecified atom stereocenters. The Hall–Kier alpha value is -3.32. The number of fused-ring (bicyclic) bond motifs is 1. The van der Waals surface area contributed by atoms with Crippen LogP contribution >= 0.6 is 0 Å². The molecule has 32 heavy (non-hydrogen) atoms. The molecule has 1 fully saturated rings. The first-order chi connectivity index (χ1) is 15.6. The fourth-order valence-electron chi connectivity index (χ4n) is 4.15. The van der Waals surface area contributed by atoms with E-state index in [-0.39, 0.29) is 17.9 Å². The standard InChI is InChI=1S/C25H28N2O5/c1-30-22-7-6-18(14-23(22)31-2)15-24(28)26-21-5-3-4-20-19(21)8-11-27(25(20)29)16-17-9-12-32-13-10-17/h3-8,11,14,17H,9-10,12-13,15-16H2,1-2H3,(H,26,28). The lowest BCUT2D eigenvalue weighted by molar-refractivity contribution is -0.115. The summed E-state index contributed by atoms with van der Waals surface area (Å²) in [5, 5.41) is 4.29. The van der Waals surface area contributed by atoms with Crippen molar-refractivity contribution in [2.45, 2.75) is 25.8 Å². The molecule has 2 aromatic carbocycles. The fraction of sp³-hybridized carbons (Fsp3) is 0.360. The number of carbonyl (C=O) groups is 1. The Balaban J connectivity index is 1.52. The zero-order valence-corrected chi connectivity index (χ0v) is 18.4. The summed E-state index contributed by atoms with van der Waals surface area (Å²) >= 11 is 0. The van der Waals surface area contributed by atoms with Gasteiger partial charge in [-0.15, -0.1) is 0 Å². The van der Waals surface area contributed by atoms with Gasteiger partial charge in [-0.3, -0.25) is 9.59 Å². The van der Waals surface area contributed by atoms with Gasteiger partial charge in [0, 0.05) is 42.4 Å². The van der Waals surface area contributed by atoms with Crippen LogP contribution in [-0.2, 0) is 22.5 Å². The van der Waals surface area contributed by atoms with Crippen LogP contribution in [0.2, 0.25) is 0 Å². The van der Waals surface area contributed by atoms with Gasteiger partial charge in [0.05, 0.1) is 20.6 Å². The Morgan fingerprint density at radius 3 is 2.59 bits per heavy atom. The van der Waals surface area contributed by atoms with E-state index in [1.165, 1.54) is 0 Å². The maximum Gasteiger partial charge on any atom is 0.258 e. The highest BCUT2D eigenvalue weighted by atomic mass is 16.5. The van der Waals surface area contributed by atoms with Crippen molar-refractivity contribution in [2.75, 3.05) is 32.8 Å². The molecule has 0 aliphatic carbocycles. The summed E-state index contributed by atoms with van der Waals surface area (Å²) in [5.41, 5.74) is 1.40. The zero-order valence-electron chi connectivity index (χ0n) is 18.4. The van der Waals surface area contributed by atoms with Gasteiger partial charge in [-0.1, -0.05) is 12.1 Å². The quantitative estimate of drug-likeness (QED) is 0.612. The number of anilines is 1. The van der Waals surface area contributed by atoms with Crippen LogP contribution < -0.4 is 20.3 Å². The summed E-state index contributed by atoms with van der Waals surface area (Å²) in [6.45, 7) is 2.19. The largest absolute Gasteiger partial charge is 0.493 e. The molecule has 0 radical (unpaired) electrons. The maximum atomic E-state index is 13.1. The van der Waals surface area contributed by atoms with E-state index in [0.717, 1.165) is 37.0 Å². The van der Waals surface area contributed by atoms with Crippen molar-refractivity contribution in [3.63, 3.8) is 0 Å². The lowest BCUT2D eigenvalue weighted by Gasteiger charge is -2.23. The zero-order chi connectivity index (χ0) is 22.5. The number of ether oxygens (including phenoxy) is 3. The number of amides is 1. The third kappa shape index (κ3) is 4.78. The van der Waals surface area contributed by atoms with Gasteiger partial charge in [0.25, 0.3) is 5.56 Å². The summed E-state index contributed by atoms with van der Waals surface area (Å²) in [5.74, 6) is 1.47. The summed E-state index contributed by atoms with van der Waals surface area (Å²) in [6.07, 6.45) is 3.94. The van der Waals surface area contributed by atoms with Gasteiger partial charge in [0.2, 0.25) is 5.91 Å². The molecule has 7 nitrogen and oxygen atoms in total. The fourth-order valence-corrected chi connectivity index (χ4v) is 4.15. The van der Waals surface area contributed by atoms with Crippen LogP contribution in [0.4, 0.5) is 5.69 Å².